The first-order valence-corrected chi connectivity index (χ1v) is 14.5. The highest BCUT2D eigenvalue weighted by molar-refractivity contribution is 6.33. The number of likely N-dealkylation sites (tertiary alicyclic amines) is 2. The molecule has 9 heteroatoms. The van der Waals surface area contributed by atoms with Crippen LogP contribution >= 0.6 is 11.6 Å². The second kappa shape index (κ2) is 13.7. The Bertz CT molecular complexity index is 927. The molecule has 37 heavy (non-hydrogen) atoms. The molecule has 0 radical (unpaired) electrons. The van der Waals surface area contributed by atoms with Crippen LogP contribution in [0.5, 0.6) is 5.75 Å². The van der Waals surface area contributed by atoms with Crippen molar-refractivity contribution in [1.82, 2.24) is 15.1 Å². The van der Waals surface area contributed by atoms with Crippen molar-refractivity contribution in [2.24, 2.45) is 11.8 Å². The van der Waals surface area contributed by atoms with Gasteiger partial charge in [-0.1, -0.05) is 24.4 Å². The molecule has 0 aromatic heterocycles. The third-order valence-electron chi connectivity index (χ3n) is 8.31. The van der Waals surface area contributed by atoms with Crippen LogP contribution in [0.1, 0.15) is 73.7 Å². The first-order chi connectivity index (χ1) is 17.9. The van der Waals surface area contributed by atoms with E-state index in [0.29, 0.717) is 53.9 Å². The Morgan fingerprint density at radius 1 is 1.03 bits per heavy atom. The van der Waals surface area contributed by atoms with E-state index in [9.17, 15) is 9.59 Å². The average Bonchev–Trinajstić information content (AvgIpc) is 3.39. The minimum absolute atomic E-state index is 0.130. The number of carbonyl (C=O) groups excluding carboxylic acids is 1. The molecule has 3 aliphatic rings. The van der Waals surface area contributed by atoms with E-state index in [-0.39, 0.29) is 5.91 Å². The summed E-state index contributed by atoms with van der Waals surface area (Å²) in [7, 11) is 0. The zero-order valence-electron chi connectivity index (χ0n) is 22.0. The van der Waals surface area contributed by atoms with Crippen molar-refractivity contribution in [1.29, 1.82) is 0 Å². The van der Waals surface area contributed by atoms with Crippen molar-refractivity contribution in [3.63, 3.8) is 0 Å². The van der Waals surface area contributed by atoms with E-state index < -0.39 is 5.97 Å². The molecule has 3 aliphatic heterocycles. The molecule has 0 aliphatic carbocycles. The Hall–Kier alpha value is -2.03. The number of unbranched alkanes of at least 4 members (excludes halogenated alkanes) is 3. The van der Waals surface area contributed by atoms with Crippen LogP contribution in [0.15, 0.2) is 6.07 Å². The van der Waals surface area contributed by atoms with Gasteiger partial charge in [-0.3, -0.25) is 9.59 Å². The van der Waals surface area contributed by atoms with Crippen LogP contribution < -0.4 is 15.8 Å². The number of nitrogens with one attached hydrogen (secondary N) is 1. The van der Waals surface area contributed by atoms with Gasteiger partial charge in [0.25, 0.3) is 5.91 Å². The number of rotatable bonds is 12. The lowest BCUT2D eigenvalue weighted by Crippen LogP contribution is -2.43. The standard InChI is InChI=1S/C28H43ClN4O4/c29-24-17-23(27-22(26(24)30)10-16-37-27)28(36)31-18-20-6-14-33(15-7-20)19-21-8-12-32(13-9-21)11-4-2-1-3-5-25(34)35/h17,20-21H,1-16,18-19,30H2,(H,31,36)(H,34,35). The maximum Gasteiger partial charge on any atom is 0.303 e. The molecule has 1 aromatic rings. The van der Waals surface area contributed by atoms with E-state index in [1.54, 1.807) is 6.07 Å². The number of hydrogen-bond acceptors (Lipinski definition) is 6. The molecule has 0 bridgehead atoms. The van der Waals surface area contributed by atoms with E-state index in [4.69, 9.17) is 27.2 Å². The molecule has 0 saturated carbocycles. The van der Waals surface area contributed by atoms with Crippen molar-refractivity contribution in [3.8, 4) is 5.75 Å². The van der Waals surface area contributed by atoms with Crippen LogP contribution in [0.2, 0.25) is 5.02 Å². The number of aliphatic carboxylic acids is 1. The Labute approximate surface area is 225 Å². The van der Waals surface area contributed by atoms with Gasteiger partial charge in [-0.2, -0.15) is 0 Å². The average molecular weight is 535 g/mol. The fourth-order valence-corrected chi connectivity index (χ4v) is 6.19. The number of nitrogen functional groups attached to an aromatic ring is 1. The highest BCUT2D eigenvalue weighted by atomic mass is 35.5. The number of benzene rings is 1. The second-order valence-corrected chi connectivity index (χ2v) is 11.4. The molecule has 1 aromatic carbocycles. The van der Waals surface area contributed by atoms with Gasteiger partial charge in [0.05, 0.1) is 22.9 Å². The molecule has 1 amide bonds. The zero-order valence-corrected chi connectivity index (χ0v) is 22.7. The van der Waals surface area contributed by atoms with Crippen LogP contribution in [0.3, 0.4) is 0 Å². The number of carbonyl (C=O) groups is 2. The van der Waals surface area contributed by atoms with Gasteiger partial charge in [0.15, 0.2) is 0 Å². The first kappa shape index (κ1) is 28.0. The van der Waals surface area contributed by atoms with E-state index in [1.165, 1.54) is 38.9 Å². The normalized spacial score (nSPS) is 19.5. The summed E-state index contributed by atoms with van der Waals surface area (Å²) in [6.07, 6.45) is 9.88. The fraction of sp³-hybridized carbons (Fsp3) is 0.714. The van der Waals surface area contributed by atoms with Crippen LogP contribution in [0, 0.1) is 11.8 Å². The lowest BCUT2D eigenvalue weighted by Gasteiger charge is -2.37. The minimum Gasteiger partial charge on any atom is -0.492 e. The summed E-state index contributed by atoms with van der Waals surface area (Å²) in [6.45, 7) is 8.12. The summed E-state index contributed by atoms with van der Waals surface area (Å²) in [5.74, 6) is 1.05. The third kappa shape index (κ3) is 7.98. The number of nitrogens with zero attached hydrogens (tertiary/aromatic N) is 2. The predicted octanol–water partition coefficient (Wildman–Crippen LogP) is 4.05. The van der Waals surface area contributed by atoms with Gasteiger partial charge >= 0.3 is 5.97 Å². The summed E-state index contributed by atoms with van der Waals surface area (Å²) in [5.41, 5.74) is 7.92. The number of ether oxygens (including phenoxy) is 1. The molecule has 3 heterocycles. The quantitative estimate of drug-likeness (QED) is 0.274. The van der Waals surface area contributed by atoms with Gasteiger partial charge in [0, 0.05) is 31.5 Å². The molecule has 2 fully saturated rings. The van der Waals surface area contributed by atoms with E-state index in [0.717, 1.165) is 63.2 Å². The number of hydrogen-bond donors (Lipinski definition) is 3. The molecule has 8 nitrogen and oxygen atoms in total. The van der Waals surface area contributed by atoms with Crippen molar-refractivity contribution >= 4 is 29.2 Å². The summed E-state index contributed by atoms with van der Waals surface area (Å²) in [5, 5.41) is 12.2. The third-order valence-corrected chi connectivity index (χ3v) is 8.62. The fourth-order valence-electron chi connectivity index (χ4n) is 5.96. The Balaban J connectivity index is 1.09. The molecule has 2 saturated heterocycles. The second-order valence-electron chi connectivity index (χ2n) is 11.0. The van der Waals surface area contributed by atoms with Crippen LogP contribution in [0.25, 0.3) is 0 Å². The topological polar surface area (TPSA) is 108 Å². The summed E-state index contributed by atoms with van der Waals surface area (Å²) < 4.78 is 5.68. The Morgan fingerprint density at radius 2 is 1.70 bits per heavy atom. The maximum absolute atomic E-state index is 12.9. The van der Waals surface area contributed by atoms with Crippen molar-refractivity contribution in [2.45, 2.75) is 64.2 Å². The maximum atomic E-state index is 12.9. The molecule has 0 unspecified atom stereocenters. The van der Waals surface area contributed by atoms with Crippen molar-refractivity contribution in [2.75, 3.05) is 58.2 Å². The molecule has 0 spiro atoms. The number of nitrogens with two attached hydrogens (primary N) is 1. The molecule has 4 rings (SSSR count). The number of halogens is 1. The minimum atomic E-state index is -0.684. The number of anilines is 1. The van der Waals surface area contributed by atoms with Gasteiger partial charge in [-0.15, -0.1) is 0 Å². The summed E-state index contributed by atoms with van der Waals surface area (Å²) in [6, 6.07) is 1.63. The van der Waals surface area contributed by atoms with Crippen LogP contribution in [0.4, 0.5) is 5.69 Å². The van der Waals surface area contributed by atoms with Gasteiger partial charge in [0.2, 0.25) is 0 Å². The number of carboxylic acid groups (broad SMARTS) is 1. The van der Waals surface area contributed by atoms with Gasteiger partial charge in [-0.25, -0.2) is 0 Å². The van der Waals surface area contributed by atoms with Crippen molar-refractivity contribution in [3.05, 3.63) is 22.2 Å². The SMILES string of the molecule is Nc1c(Cl)cc(C(=O)NCC2CCN(CC3CCN(CCCCCCC(=O)O)CC3)CC2)c2c1CCO2. The number of amides is 1. The van der Waals surface area contributed by atoms with Gasteiger partial charge in [0.1, 0.15) is 5.75 Å². The summed E-state index contributed by atoms with van der Waals surface area (Å²) >= 11 is 6.26. The highest BCUT2D eigenvalue weighted by Crippen LogP contribution is 2.38. The number of fused-ring (bicyclic) bond motifs is 1. The summed E-state index contributed by atoms with van der Waals surface area (Å²) in [4.78, 5) is 28.7. The smallest absolute Gasteiger partial charge is 0.303 e. The Kier molecular flexibility index (Phi) is 10.3. The molecule has 0 atom stereocenters. The van der Waals surface area contributed by atoms with E-state index in [2.05, 4.69) is 15.1 Å². The number of piperidine rings is 2. The lowest BCUT2D eigenvalue weighted by molar-refractivity contribution is -0.137. The predicted molar refractivity (Wildman–Crippen MR) is 146 cm³/mol. The van der Waals surface area contributed by atoms with Crippen LogP contribution in [-0.2, 0) is 11.2 Å². The molecule has 206 valence electrons. The first-order valence-electron chi connectivity index (χ1n) is 14.1. The van der Waals surface area contributed by atoms with Crippen molar-refractivity contribution < 1.29 is 19.4 Å². The molecule has 4 N–H and O–H groups in total. The van der Waals surface area contributed by atoms with E-state index in [1.807, 2.05) is 0 Å². The molecular formula is C28H43ClN4O4. The van der Waals surface area contributed by atoms with Crippen LogP contribution in [-0.4, -0.2) is 79.2 Å². The monoisotopic (exact) mass is 534 g/mol. The van der Waals surface area contributed by atoms with E-state index >= 15 is 0 Å². The number of carboxylic acids is 1. The lowest BCUT2D eigenvalue weighted by atomic mass is 9.92. The zero-order chi connectivity index (χ0) is 26.2. The Morgan fingerprint density at radius 3 is 2.43 bits per heavy atom. The largest absolute Gasteiger partial charge is 0.492 e. The highest BCUT2D eigenvalue weighted by Gasteiger charge is 2.27. The molecular weight excluding hydrogens is 492 g/mol. The van der Waals surface area contributed by atoms with Gasteiger partial charge < -0.3 is 30.7 Å². The van der Waals surface area contributed by atoms with Gasteiger partial charge in [-0.05, 0) is 89.2 Å².